The highest BCUT2D eigenvalue weighted by Gasteiger charge is 2.21. The lowest BCUT2D eigenvalue weighted by atomic mass is 10.1. The molecule has 0 aliphatic heterocycles. The molecule has 0 radical (unpaired) electrons. The molecule has 2 heterocycles. The van der Waals surface area contributed by atoms with Gasteiger partial charge in [-0.05, 0) is 30.7 Å². The summed E-state index contributed by atoms with van der Waals surface area (Å²) in [7, 11) is 4.76. The highest BCUT2D eigenvalue weighted by Crippen LogP contribution is 2.46. The maximum atomic E-state index is 11.9. The Kier molecular flexibility index (Phi) is 7.66. The van der Waals surface area contributed by atoms with E-state index in [1.807, 2.05) is 19.1 Å². The average Bonchev–Trinajstić information content (AvgIpc) is 2.90. The molecule has 0 aliphatic rings. The largest absolute Gasteiger partial charge is 0.495 e. The van der Waals surface area contributed by atoms with Crippen LogP contribution in [0.2, 0.25) is 10.0 Å². The second kappa shape index (κ2) is 10.9. The number of fused-ring (bicyclic) bond motifs is 1. The molecular formula is C26H24Cl2N6O3. The van der Waals surface area contributed by atoms with Crippen LogP contribution >= 0.6 is 23.2 Å². The van der Waals surface area contributed by atoms with Crippen LogP contribution in [0.4, 0.5) is 23.1 Å². The number of nitrogens with zero attached hydrogens (tertiary/aromatic N) is 3. The number of benzene rings is 2. The molecule has 190 valence electrons. The van der Waals surface area contributed by atoms with Crippen LogP contribution < -0.4 is 25.4 Å². The molecule has 0 atom stereocenters. The molecule has 11 heteroatoms. The lowest BCUT2D eigenvalue weighted by Gasteiger charge is -2.16. The SMILES string of the molecule is C=CC(=O)Nc1cccc(C)c1Nc1ncc2cc(-c3c(Cl)c(OC)cc(OC)c3Cl)nc(NC)c2n1. The highest BCUT2D eigenvalue weighted by atomic mass is 35.5. The van der Waals surface area contributed by atoms with E-state index in [-0.39, 0.29) is 5.91 Å². The van der Waals surface area contributed by atoms with Gasteiger partial charge in [0.15, 0.2) is 5.82 Å². The quantitative estimate of drug-likeness (QED) is 0.226. The Labute approximate surface area is 223 Å². The number of ether oxygens (including phenoxy) is 2. The van der Waals surface area contributed by atoms with Crippen molar-refractivity contribution in [1.82, 2.24) is 15.0 Å². The van der Waals surface area contributed by atoms with Gasteiger partial charge in [0.1, 0.15) is 17.0 Å². The molecule has 1 amide bonds. The Morgan fingerprint density at radius 3 is 2.41 bits per heavy atom. The van der Waals surface area contributed by atoms with Gasteiger partial charge in [-0.15, -0.1) is 0 Å². The summed E-state index contributed by atoms with van der Waals surface area (Å²) in [5.74, 6) is 1.28. The smallest absolute Gasteiger partial charge is 0.247 e. The van der Waals surface area contributed by atoms with E-state index >= 15 is 0 Å². The van der Waals surface area contributed by atoms with Crippen molar-refractivity contribution >= 4 is 63.2 Å². The molecule has 9 nitrogen and oxygen atoms in total. The summed E-state index contributed by atoms with van der Waals surface area (Å²) in [5, 5.41) is 10.4. The van der Waals surface area contributed by atoms with E-state index in [0.29, 0.717) is 66.8 Å². The fourth-order valence-electron chi connectivity index (χ4n) is 3.75. The van der Waals surface area contributed by atoms with Gasteiger partial charge in [0.2, 0.25) is 11.9 Å². The zero-order valence-corrected chi connectivity index (χ0v) is 22.1. The first kappa shape index (κ1) is 26.0. The van der Waals surface area contributed by atoms with Gasteiger partial charge in [-0.25, -0.2) is 15.0 Å². The van der Waals surface area contributed by atoms with Crippen molar-refractivity contribution in [3.05, 3.63) is 64.8 Å². The first-order valence-corrected chi connectivity index (χ1v) is 11.8. The summed E-state index contributed by atoms with van der Waals surface area (Å²) in [6.07, 6.45) is 2.87. The van der Waals surface area contributed by atoms with Gasteiger partial charge >= 0.3 is 0 Å². The number of hydrogen-bond acceptors (Lipinski definition) is 8. The molecule has 0 aliphatic carbocycles. The van der Waals surface area contributed by atoms with E-state index in [2.05, 4.69) is 32.5 Å². The maximum absolute atomic E-state index is 11.9. The Bertz CT molecular complexity index is 1500. The zero-order valence-electron chi connectivity index (χ0n) is 20.6. The fourth-order valence-corrected chi connectivity index (χ4v) is 4.44. The molecule has 37 heavy (non-hydrogen) atoms. The number of carbonyl (C=O) groups excluding carboxylic acids is 1. The van der Waals surface area contributed by atoms with Gasteiger partial charge in [-0.1, -0.05) is 41.9 Å². The molecule has 2 aromatic carbocycles. The third-order valence-electron chi connectivity index (χ3n) is 5.59. The number of carbonyl (C=O) groups is 1. The van der Waals surface area contributed by atoms with Crippen LogP contribution in [-0.2, 0) is 4.79 Å². The number of pyridine rings is 1. The van der Waals surface area contributed by atoms with Gasteiger partial charge in [0.05, 0.1) is 41.3 Å². The fraction of sp³-hybridized carbons (Fsp3) is 0.154. The Morgan fingerprint density at radius 2 is 1.78 bits per heavy atom. The maximum Gasteiger partial charge on any atom is 0.247 e. The summed E-state index contributed by atoms with van der Waals surface area (Å²) in [5.41, 5.74) is 3.64. The number of amides is 1. The van der Waals surface area contributed by atoms with Crippen LogP contribution in [0.5, 0.6) is 11.5 Å². The van der Waals surface area contributed by atoms with Crippen molar-refractivity contribution in [2.24, 2.45) is 0 Å². The number of para-hydroxylation sites is 1. The number of rotatable bonds is 8. The van der Waals surface area contributed by atoms with Gasteiger partial charge in [0, 0.05) is 30.3 Å². The zero-order chi connectivity index (χ0) is 26.7. The van der Waals surface area contributed by atoms with E-state index in [1.165, 1.54) is 20.3 Å². The van der Waals surface area contributed by atoms with Gasteiger partial charge in [-0.2, -0.15) is 0 Å². The Morgan fingerprint density at radius 1 is 1.08 bits per heavy atom. The number of anilines is 4. The second-order valence-electron chi connectivity index (χ2n) is 7.84. The minimum Gasteiger partial charge on any atom is -0.495 e. The van der Waals surface area contributed by atoms with Crippen molar-refractivity contribution in [3.8, 4) is 22.8 Å². The van der Waals surface area contributed by atoms with Crippen molar-refractivity contribution in [2.45, 2.75) is 6.92 Å². The lowest BCUT2D eigenvalue weighted by Crippen LogP contribution is -2.10. The summed E-state index contributed by atoms with van der Waals surface area (Å²) >= 11 is 13.2. The number of aryl methyl sites for hydroxylation is 1. The molecular weight excluding hydrogens is 515 g/mol. The van der Waals surface area contributed by atoms with E-state index in [4.69, 9.17) is 37.7 Å². The van der Waals surface area contributed by atoms with E-state index in [1.54, 1.807) is 31.4 Å². The Balaban J connectivity index is 1.81. The van der Waals surface area contributed by atoms with Crippen LogP contribution in [-0.4, -0.2) is 42.1 Å². The standard InChI is InChI=1S/C26H24Cl2N6O3/c1-6-19(35)31-15-9-7-8-13(2)23(15)33-26-30-12-14-10-16(32-25(29-3)24(14)34-26)20-21(27)17(36-4)11-18(37-5)22(20)28/h6-12H,1H2,2-5H3,(H,29,32)(H,31,35)(H,30,33,34). The molecule has 0 spiro atoms. The first-order chi connectivity index (χ1) is 17.8. The van der Waals surface area contributed by atoms with Crippen LogP contribution in [0.1, 0.15) is 5.56 Å². The lowest BCUT2D eigenvalue weighted by molar-refractivity contribution is -0.111. The minimum atomic E-state index is -0.325. The first-order valence-electron chi connectivity index (χ1n) is 11.1. The number of halogens is 2. The van der Waals surface area contributed by atoms with Crippen molar-refractivity contribution in [1.29, 1.82) is 0 Å². The van der Waals surface area contributed by atoms with Crippen LogP contribution in [0.15, 0.2) is 49.2 Å². The molecule has 4 aromatic rings. The summed E-state index contributed by atoms with van der Waals surface area (Å²) in [6.45, 7) is 5.42. The summed E-state index contributed by atoms with van der Waals surface area (Å²) in [6, 6.07) is 8.94. The van der Waals surface area contributed by atoms with Crippen LogP contribution in [0.25, 0.3) is 22.2 Å². The Hall–Kier alpha value is -4.08. The monoisotopic (exact) mass is 538 g/mol. The number of hydrogen-bond donors (Lipinski definition) is 3. The second-order valence-corrected chi connectivity index (χ2v) is 8.59. The van der Waals surface area contributed by atoms with Crippen molar-refractivity contribution < 1.29 is 14.3 Å². The van der Waals surface area contributed by atoms with E-state index < -0.39 is 0 Å². The third-order valence-corrected chi connectivity index (χ3v) is 6.34. The predicted octanol–water partition coefficient (Wildman–Crippen LogP) is 6.23. The number of nitrogens with one attached hydrogen (secondary N) is 3. The molecule has 3 N–H and O–H groups in total. The van der Waals surface area contributed by atoms with Crippen LogP contribution in [0.3, 0.4) is 0 Å². The van der Waals surface area contributed by atoms with E-state index in [0.717, 1.165) is 5.56 Å². The van der Waals surface area contributed by atoms with Crippen LogP contribution in [0, 0.1) is 6.92 Å². The molecule has 0 bridgehead atoms. The molecule has 0 saturated heterocycles. The average molecular weight is 539 g/mol. The number of methoxy groups -OCH3 is 2. The molecule has 0 fully saturated rings. The summed E-state index contributed by atoms with van der Waals surface area (Å²) in [4.78, 5) is 25.8. The predicted molar refractivity (Wildman–Crippen MR) is 149 cm³/mol. The van der Waals surface area contributed by atoms with Gasteiger partial charge in [0.25, 0.3) is 0 Å². The highest BCUT2D eigenvalue weighted by molar-refractivity contribution is 6.41. The molecule has 0 saturated carbocycles. The molecule has 2 aromatic heterocycles. The topological polar surface area (TPSA) is 110 Å². The number of aromatic nitrogens is 3. The molecule has 4 rings (SSSR count). The van der Waals surface area contributed by atoms with Gasteiger partial charge in [-0.3, -0.25) is 4.79 Å². The van der Waals surface area contributed by atoms with Crippen molar-refractivity contribution in [2.75, 3.05) is 37.2 Å². The van der Waals surface area contributed by atoms with E-state index in [9.17, 15) is 4.79 Å². The third kappa shape index (κ3) is 5.09. The normalized spacial score (nSPS) is 10.6. The molecule has 0 unspecified atom stereocenters. The van der Waals surface area contributed by atoms with Crippen molar-refractivity contribution in [3.63, 3.8) is 0 Å². The summed E-state index contributed by atoms with van der Waals surface area (Å²) < 4.78 is 10.8. The minimum absolute atomic E-state index is 0.301. The van der Waals surface area contributed by atoms with Gasteiger partial charge < -0.3 is 25.4 Å².